The number of nitrogens with zero attached hydrogens (tertiary/aromatic N) is 1. The molecular weight excluding hydrogens is 482 g/mol. The van der Waals surface area contributed by atoms with Gasteiger partial charge in [0.25, 0.3) is 11.7 Å². The molecule has 1 aliphatic rings. The highest BCUT2D eigenvalue weighted by atomic mass is 16.5. The van der Waals surface area contributed by atoms with Gasteiger partial charge in [-0.25, -0.2) is 4.79 Å². The van der Waals surface area contributed by atoms with Gasteiger partial charge in [0.15, 0.2) is 0 Å². The number of ether oxygens (including phenoxy) is 2. The third-order valence-electron chi connectivity index (χ3n) is 6.76. The second-order valence-electron chi connectivity index (χ2n) is 10.3. The fraction of sp³-hybridized carbons (Fsp3) is 0.258. The van der Waals surface area contributed by atoms with Crippen LogP contribution in [-0.2, 0) is 19.7 Å². The summed E-state index contributed by atoms with van der Waals surface area (Å²) in [7, 11) is 2.79. The molecule has 1 heterocycles. The summed E-state index contributed by atoms with van der Waals surface area (Å²) in [5.41, 5.74) is 3.09. The molecule has 7 heteroatoms. The summed E-state index contributed by atoms with van der Waals surface area (Å²) in [6.45, 7) is 8.03. The lowest BCUT2D eigenvalue weighted by Gasteiger charge is -2.26. The number of benzene rings is 3. The van der Waals surface area contributed by atoms with Crippen LogP contribution in [0.1, 0.15) is 59.4 Å². The van der Waals surface area contributed by atoms with Crippen LogP contribution in [0, 0.1) is 6.92 Å². The van der Waals surface area contributed by atoms with Crippen LogP contribution in [0.5, 0.6) is 5.75 Å². The van der Waals surface area contributed by atoms with Crippen molar-refractivity contribution in [3.05, 3.63) is 100 Å². The molecule has 1 fully saturated rings. The maximum atomic E-state index is 13.6. The molecule has 0 radical (unpaired) electrons. The standard InChI is InChI=1S/C31H31NO6/c1-18-13-14-21(31(2,3)4)17-24(18)27(33)25-26(19-9-8-12-23(16-19)37-5)32(29(35)28(25)34)22-11-7-10-20(15-22)30(36)38-6/h7-17,26,33H,1-6H3/b27-25+. The number of hydrogen-bond donors (Lipinski definition) is 1. The summed E-state index contributed by atoms with van der Waals surface area (Å²) in [6.07, 6.45) is 0. The van der Waals surface area contributed by atoms with Gasteiger partial charge in [-0.2, -0.15) is 0 Å². The number of amides is 1. The summed E-state index contributed by atoms with van der Waals surface area (Å²) < 4.78 is 10.2. The van der Waals surface area contributed by atoms with Gasteiger partial charge in [-0.1, -0.05) is 51.1 Å². The van der Waals surface area contributed by atoms with Gasteiger partial charge < -0.3 is 14.6 Å². The molecule has 7 nitrogen and oxygen atoms in total. The lowest BCUT2D eigenvalue weighted by atomic mass is 9.84. The lowest BCUT2D eigenvalue weighted by molar-refractivity contribution is -0.132. The van der Waals surface area contributed by atoms with Crippen molar-refractivity contribution in [1.29, 1.82) is 0 Å². The minimum absolute atomic E-state index is 0.0408. The largest absolute Gasteiger partial charge is 0.507 e. The third kappa shape index (κ3) is 4.79. The van der Waals surface area contributed by atoms with Crippen molar-refractivity contribution in [2.45, 2.75) is 39.2 Å². The molecule has 0 spiro atoms. The van der Waals surface area contributed by atoms with Crippen LogP contribution < -0.4 is 9.64 Å². The second kappa shape index (κ2) is 10.2. The Balaban J connectivity index is 1.99. The summed E-state index contributed by atoms with van der Waals surface area (Å²) in [5.74, 6) is -1.94. The summed E-state index contributed by atoms with van der Waals surface area (Å²) in [5, 5.41) is 11.7. The number of anilines is 1. The maximum Gasteiger partial charge on any atom is 0.337 e. The molecule has 0 bridgehead atoms. The van der Waals surface area contributed by atoms with E-state index in [-0.39, 0.29) is 22.3 Å². The van der Waals surface area contributed by atoms with E-state index in [0.29, 0.717) is 22.6 Å². The van der Waals surface area contributed by atoms with E-state index in [1.807, 2.05) is 25.1 Å². The molecule has 1 atom stereocenters. The van der Waals surface area contributed by atoms with Crippen LogP contribution in [0.4, 0.5) is 5.69 Å². The van der Waals surface area contributed by atoms with Gasteiger partial charge in [0.2, 0.25) is 0 Å². The van der Waals surface area contributed by atoms with E-state index in [2.05, 4.69) is 20.8 Å². The average molecular weight is 514 g/mol. The van der Waals surface area contributed by atoms with Gasteiger partial charge in [-0.15, -0.1) is 0 Å². The number of Topliss-reactive ketones (excluding diaryl/α,β-unsaturated/α-hetero) is 1. The normalized spacial score (nSPS) is 17.0. The Labute approximate surface area is 222 Å². The molecule has 196 valence electrons. The first-order chi connectivity index (χ1) is 18.0. The number of aliphatic hydroxyl groups is 1. The molecule has 3 aromatic carbocycles. The summed E-state index contributed by atoms with van der Waals surface area (Å²) in [6, 6.07) is 18.1. The number of methoxy groups -OCH3 is 2. The van der Waals surface area contributed by atoms with Crippen molar-refractivity contribution in [3.63, 3.8) is 0 Å². The number of aliphatic hydroxyl groups excluding tert-OH is 1. The fourth-order valence-corrected chi connectivity index (χ4v) is 4.62. The molecule has 38 heavy (non-hydrogen) atoms. The van der Waals surface area contributed by atoms with Gasteiger partial charge in [-0.05, 0) is 65.4 Å². The van der Waals surface area contributed by atoms with Crippen molar-refractivity contribution in [1.82, 2.24) is 0 Å². The highest BCUT2D eigenvalue weighted by molar-refractivity contribution is 6.51. The monoisotopic (exact) mass is 513 g/mol. The quantitative estimate of drug-likeness (QED) is 0.203. The van der Waals surface area contributed by atoms with Gasteiger partial charge in [-0.3, -0.25) is 14.5 Å². The first-order valence-corrected chi connectivity index (χ1v) is 12.2. The van der Waals surface area contributed by atoms with Gasteiger partial charge in [0.05, 0.1) is 31.4 Å². The highest BCUT2D eigenvalue weighted by Gasteiger charge is 2.47. The summed E-state index contributed by atoms with van der Waals surface area (Å²) in [4.78, 5) is 40.6. The van der Waals surface area contributed by atoms with Crippen molar-refractivity contribution in [2.75, 3.05) is 19.1 Å². The van der Waals surface area contributed by atoms with Gasteiger partial charge in [0.1, 0.15) is 11.5 Å². The van der Waals surface area contributed by atoms with Crippen molar-refractivity contribution in [2.24, 2.45) is 0 Å². The van der Waals surface area contributed by atoms with Crippen LogP contribution >= 0.6 is 0 Å². The minimum Gasteiger partial charge on any atom is -0.507 e. The Morgan fingerprint density at radius 3 is 2.32 bits per heavy atom. The smallest absolute Gasteiger partial charge is 0.337 e. The Morgan fingerprint density at radius 1 is 0.947 bits per heavy atom. The van der Waals surface area contributed by atoms with Crippen LogP contribution in [-0.4, -0.2) is 37.0 Å². The molecule has 4 rings (SSSR count). The number of rotatable bonds is 5. The molecule has 0 aliphatic carbocycles. The zero-order valence-corrected chi connectivity index (χ0v) is 22.4. The average Bonchev–Trinajstić information content (AvgIpc) is 3.17. The number of ketones is 1. The predicted octanol–water partition coefficient (Wildman–Crippen LogP) is 5.71. The molecule has 3 aromatic rings. The molecule has 1 saturated heterocycles. The zero-order chi connectivity index (χ0) is 27.8. The first-order valence-electron chi connectivity index (χ1n) is 12.2. The minimum atomic E-state index is -0.962. The third-order valence-corrected chi connectivity index (χ3v) is 6.76. The molecular formula is C31H31NO6. The number of hydrogen-bond acceptors (Lipinski definition) is 6. The van der Waals surface area contributed by atoms with Crippen LogP contribution in [0.15, 0.2) is 72.3 Å². The van der Waals surface area contributed by atoms with E-state index >= 15 is 0 Å². The van der Waals surface area contributed by atoms with E-state index in [4.69, 9.17) is 9.47 Å². The van der Waals surface area contributed by atoms with Crippen LogP contribution in [0.25, 0.3) is 5.76 Å². The number of carbonyl (C=O) groups is 3. The molecule has 1 amide bonds. The SMILES string of the molecule is COC(=O)c1cccc(N2C(=O)C(=O)/C(=C(/O)c3cc(C(C)(C)C)ccc3C)C2c2cccc(OC)c2)c1. The molecule has 0 aromatic heterocycles. The number of aryl methyl sites for hydroxylation is 1. The van der Waals surface area contributed by atoms with Crippen molar-refractivity contribution >= 4 is 29.1 Å². The Hall–Kier alpha value is -4.39. The van der Waals surface area contributed by atoms with Gasteiger partial charge in [0, 0.05) is 11.3 Å². The Bertz CT molecular complexity index is 1460. The van der Waals surface area contributed by atoms with Gasteiger partial charge >= 0.3 is 5.97 Å². The lowest BCUT2D eigenvalue weighted by Crippen LogP contribution is -2.29. The van der Waals surface area contributed by atoms with E-state index in [1.54, 1.807) is 42.5 Å². The molecule has 1 unspecified atom stereocenters. The zero-order valence-electron chi connectivity index (χ0n) is 22.4. The number of carbonyl (C=O) groups excluding carboxylic acids is 3. The predicted molar refractivity (Wildman–Crippen MR) is 145 cm³/mol. The molecule has 0 saturated carbocycles. The first kappa shape index (κ1) is 26.7. The second-order valence-corrected chi connectivity index (χ2v) is 10.3. The fourth-order valence-electron chi connectivity index (χ4n) is 4.62. The van der Waals surface area contributed by atoms with E-state index in [9.17, 15) is 19.5 Å². The van der Waals surface area contributed by atoms with Crippen LogP contribution in [0.3, 0.4) is 0 Å². The topological polar surface area (TPSA) is 93.1 Å². The number of esters is 1. The van der Waals surface area contributed by atoms with Crippen LogP contribution in [0.2, 0.25) is 0 Å². The molecule has 1 aliphatic heterocycles. The molecule has 1 N–H and O–H groups in total. The Kier molecular flexibility index (Phi) is 7.14. The Morgan fingerprint density at radius 2 is 1.66 bits per heavy atom. The van der Waals surface area contributed by atoms with E-state index in [0.717, 1.165) is 11.1 Å². The van der Waals surface area contributed by atoms with E-state index < -0.39 is 23.7 Å². The highest BCUT2D eigenvalue weighted by Crippen LogP contribution is 2.43. The summed E-state index contributed by atoms with van der Waals surface area (Å²) >= 11 is 0. The maximum absolute atomic E-state index is 13.6. The van der Waals surface area contributed by atoms with Crippen molar-refractivity contribution < 1.29 is 29.0 Å². The van der Waals surface area contributed by atoms with Crippen molar-refractivity contribution in [3.8, 4) is 5.75 Å². The van der Waals surface area contributed by atoms with E-state index in [1.165, 1.54) is 25.2 Å².